The van der Waals surface area contributed by atoms with Crippen molar-refractivity contribution in [2.24, 2.45) is 0 Å². The van der Waals surface area contributed by atoms with Crippen molar-refractivity contribution in [2.45, 2.75) is 32.0 Å². The maximum atomic E-state index is 13.4. The number of likely N-dealkylation sites (tertiary alicyclic amines) is 1. The van der Waals surface area contributed by atoms with Gasteiger partial charge in [0.1, 0.15) is 17.2 Å². The second kappa shape index (κ2) is 7.79. The summed E-state index contributed by atoms with van der Waals surface area (Å²) in [6.45, 7) is 3.73. The lowest BCUT2D eigenvalue weighted by Gasteiger charge is -2.18. The van der Waals surface area contributed by atoms with Gasteiger partial charge in [-0.15, -0.1) is 0 Å². The Bertz CT molecular complexity index is 1060. The molecule has 2 aromatic heterocycles. The van der Waals surface area contributed by atoms with Crippen molar-refractivity contribution < 1.29 is 22.6 Å². The molecule has 0 N–H and O–H groups in total. The van der Waals surface area contributed by atoms with Crippen molar-refractivity contribution >= 4 is 5.65 Å². The zero-order chi connectivity index (χ0) is 21.5. The zero-order valence-corrected chi connectivity index (χ0v) is 17.0. The maximum absolute atomic E-state index is 13.4. The fraction of sp³-hybridized carbons (Fsp3) is 0.429. The summed E-state index contributed by atoms with van der Waals surface area (Å²) >= 11 is 0. The molecule has 1 saturated heterocycles. The molecule has 1 fully saturated rings. The van der Waals surface area contributed by atoms with Crippen LogP contribution in [0.5, 0.6) is 11.5 Å². The van der Waals surface area contributed by atoms with Crippen LogP contribution in [0.15, 0.2) is 30.3 Å². The molecular weight excluding hydrogens is 397 g/mol. The number of methoxy groups -OCH3 is 2. The summed E-state index contributed by atoms with van der Waals surface area (Å²) in [6.07, 6.45) is -3.67. The van der Waals surface area contributed by atoms with Gasteiger partial charge in [0.15, 0.2) is 5.65 Å². The Labute approximate surface area is 172 Å². The molecule has 1 aliphatic rings. The molecule has 0 aliphatic carbocycles. The lowest BCUT2D eigenvalue weighted by atomic mass is 10.1. The van der Waals surface area contributed by atoms with Gasteiger partial charge < -0.3 is 9.47 Å². The number of nitrogens with zero attached hydrogens (tertiary/aromatic N) is 4. The lowest BCUT2D eigenvalue weighted by Crippen LogP contribution is -2.20. The van der Waals surface area contributed by atoms with Gasteiger partial charge in [-0.2, -0.15) is 18.3 Å². The highest BCUT2D eigenvalue weighted by Gasteiger charge is 2.35. The van der Waals surface area contributed by atoms with Gasteiger partial charge in [-0.3, -0.25) is 4.90 Å². The normalized spacial score (nSPS) is 17.6. The molecule has 0 bridgehead atoms. The number of rotatable bonds is 5. The van der Waals surface area contributed by atoms with Gasteiger partial charge in [0.05, 0.1) is 19.9 Å². The first kappa shape index (κ1) is 20.5. The Morgan fingerprint density at radius 1 is 1.13 bits per heavy atom. The van der Waals surface area contributed by atoms with Crippen molar-refractivity contribution in [3.8, 4) is 11.5 Å². The molecule has 3 aromatic rings. The quantitative estimate of drug-likeness (QED) is 0.623. The first-order chi connectivity index (χ1) is 14.3. The van der Waals surface area contributed by atoms with E-state index in [9.17, 15) is 13.2 Å². The highest BCUT2D eigenvalue weighted by molar-refractivity contribution is 5.44. The molecule has 0 radical (unpaired) electrons. The van der Waals surface area contributed by atoms with Crippen molar-refractivity contribution in [2.75, 3.05) is 27.3 Å². The molecule has 0 unspecified atom stereocenters. The van der Waals surface area contributed by atoms with Gasteiger partial charge in [-0.25, -0.2) is 9.50 Å². The first-order valence-electron chi connectivity index (χ1n) is 9.66. The molecule has 1 aromatic carbocycles. The largest absolute Gasteiger partial charge is 0.497 e. The summed E-state index contributed by atoms with van der Waals surface area (Å²) < 4.78 is 51.9. The molecule has 30 heavy (non-hydrogen) atoms. The summed E-state index contributed by atoms with van der Waals surface area (Å²) in [4.78, 5) is 6.47. The number of fused-ring (bicyclic) bond motifs is 1. The minimum absolute atomic E-state index is 0.0460. The minimum Gasteiger partial charge on any atom is -0.497 e. The second-order valence-corrected chi connectivity index (χ2v) is 7.52. The molecule has 1 aliphatic heterocycles. The van der Waals surface area contributed by atoms with Crippen LogP contribution in [0.2, 0.25) is 0 Å². The molecule has 9 heteroatoms. The van der Waals surface area contributed by atoms with E-state index in [1.54, 1.807) is 27.2 Å². The van der Waals surface area contributed by atoms with Crippen LogP contribution in [0.25, 0.3) is 5.65 Å². The third-order valence-electron chi connectivity index (χ3n) is 5.44. The zero-order valence-electron chi connectivity index (χ0n) is 17.0. The molecule has 1 atom stereocenters. The Kier molecular flexibility index (Phi) is 5.31. The fourth-order valence-electron chi connectivity index (χ4n) is 3.98. The number of hydrogen-bond donors (Lipinski definition) is 0. The van der Waals surface area contributed by atoms with Crippen LogP contribution in [0.4, 0.5) is 13.2 Å². The molecule has 3 heterocycles. The first-order valence-corrected chi connectivity index (χ1v) is 9.66. The van der Waals surface area contributed by atoms with E-state index in [1.807, 2.05) is 18.2 Å². The van der Waals surface area contributed by atoms with E-state index in [-0.39, 0.29) is 11.6 Å². The molecule has 160 valence electrons. The monoisotopic (exact) mass is 420 g/mol. The topological polar surface area (TPSA) is 51.9 Å². The molecule has 6 nitrogen and oxygen atoms in total. The highest BCUT2D eigenvalue weighted by Crippen LogP contribution is 2.33. The Hall–Kier alpha value is -2.81. The van der Waals surface area contributed by atoms with Crippen LogP contribution in [0.3, 0.4) is 0 Å². The van der Waals surface area contributed by atoms with Gasteiger partial charge >= 0.3 is 6.18 Å². The van der Waals surface area contributed by atoms with Crippen LogP contribution < -0.4 is 9.47 Å². The van der Waals surface area contributed by atoms with E-state index in [2.05, 4.69) is 15.0 Å². The maximum Gasteiger partial charge on any atom is 0.433 e. The smallest absolute Gasteiger partial charge is 0.433 e. The second-order valence-electron chi connectivity index (χ2n) is 7.52. The van der Waals surface area contributed by atoms with Crippen molar-refractivity contribution in [1.29, 1.82) is 0 Å². The molecular formula is C21H23F3N4O2. The standard InChI is InChI=1S/C21H23F3N4O2/c1-13-8-19(21(22,23)24)28-20(25-13)10-17(26-28)14-6-7-27(11-14)12-15-9-16(29-2)4-5-18(15)30-3/h4-5,8-10,14H,6-7,11-12H2,1-3H3/t14-/m0/s1. The van der Waals surface area contributed by atoms with Gasteiger partial charge in [0, 0.05) is 36.3 Å². The van der Waals surface area contributed by atoms with Crippen LogP contribution in [-0.4, -0.2) is 46.8 Å². The van der Waals surface area contributed by atoms with E-state index in [1.165, 1.54) is 0 Å². The Morgan fingerprint density at radius 3 is 2.63 bits per heavy atom. The van der Waals surface area contributed by atoms with Crippen molar-refractivity contribution in [1.82, 2.24) is 19.5 Å². The molecule has 4 rings (SSSR count). The number of alkyl halides is 3. The predicted molar refractivity (Wildman–Crippen MR) is 105 cm³/mol. The number of aryl methyl sites for hydroxylation is 1. The molecule has 0 spiro atoms. The van der Waals surface area contributed by atoms with Gasteiger partial charge in [0.2, 0.25) is 0 Å². The molecule has 0 amide bonds. The summed E-state index contributed by atoms with van der Waals surface area (Å²) in [6, 6.07) is 8.36. The minimum atomic E-state index is -4.49. The van der Waals surface area contributed by atoms with Crippen LogP contribution in [0.1, 0.15) is 35.0 Å². The Morgan fingerprint density at radius 2 is 1.93 bits per heavy atom. The number of aromatic nitrogens is 3. The summed E-state index contributed by atoms with van der Waals surface area (Å²) in [5.41, 5.74) is 1.39. The van der Waals surface area contributed by atoms with E-state index < -0.39 is 11.9 Å². The average molecular weight is 420 g/mol. The number of ether oxygens (including phenoxy) is 2. The third-order valence-corrected chi connectivity index (χ3v) is 5.44. The van der Waals surface area contributed by atoms with Crippen LogP contribution in [0, 0.1) is 6.92 Å². The number of halogens is 3. The number of hydrogen-bond acceptors (Lipinski definition) is 5. The fourth-order valence-corrected chi connectivity index (χ4v) is 3.98. The van der Waals surface area contributed by atoms with E-state index >= 15 is 0 Å². The highest BCUT2D eigenvalue weighted by atomic mass is 19.4. The van der Waals surface area contributed by atoms with E-state index in [0.29, 0.717) is 24.5 Å². The van der Waals surface area contributed by atoms with Gasteiger partial charge in [0.25, 0.3) is 0 Å². The lowest BCUT2D eigenvalue weighted by molar-refractivity contribution is -0.142. The van der Waals surface area contributed by atoms with E-state index in [4.69, 9.17) is 9.47 Å². The van der Waals surface area contributed by atoms with Crippen LogP contribution in [-0.2, 0) is 12.7 Å². The number of benzene rings is 1. The van der Waals surface area contributed by atoms with E-state index in [0.717, 1.165) is 40.6 Å². The van der Waals surface area contributed by atoms with Crippen molar-refractivity contribution in [3.63, 3.8) is 0 Å². The predicted octanol–water partition coefficient (Wildman–Crippen LogP) is 4.06. The molecule has 0 saturated carbocycles. The summed E-state index contributed by atoms with van der Waals surface area (Å²) in [7, 11) is 3.24. The average Bonchev–Trinajstić information content (AvgIpc) is 3.33. The summed E-state index contributed by atoms with van der Waals surface area (Å²) in [5.74, 6) is 1.58. The van der Waals surface area contributed by atoms with Crippen molar-refractivity contribution in [3.05, 3.63) is 53.0 Å². The Balaban J connectivity index is 1.56. The summed E-state index contributed by atoms with van der Waals surface area (Å²) in [5, 5.41) is 4.27. The van der Waals surface area contributed by atoms with Gasteiger partial charge in [-0.05, 0) is 44.2 Å². The SMILES string of the molecule is COc1ccc(OC)c(CN2CC[C@H](c3cc4nc(C)cc(C(F)(F)F)n4n3)C2)c1. The van der Waals surface area contributed by atoms with Gasteiger partial charge in [-0.1, -0.05) is 0 Å². The third kappa shape index (κ3) is 3.94. The van der Waals surface area contributed by atoms with Crippen LogP contribution >= 0.6 is 0 Å².